The summed E-state index contributed by atoms with van der Waals surface area (Å²) < 4.78 is 218. The van der Waals surface area contributed by atoms with Crippen molar-refractivity contribution in [3.63, 3.8) is 0 Å². The van der Waals surface area contributed by atoms with Crippen molar-refractivity contribution in [2.24, 2.45) is 5.84 Å². The molecule has 0 heterocycles. The van der Waals surface area contributed by atoms with Crippen molar-refractivity contribution in [3.05, 3.63) is 0 Å². The van der Waals surface area contributed by atoms with Crippen LogP contribution in [0.2, 0.25) is 0 Å². The number of carbonyl (C=O) groups excluding carboxylic acids is 1. The van der Waals surface area contributed by atoms with E-state index in [1.54, 1.807) is 4.74 Å². The van der Waals surface area contributed by atoms with Crippen LogP contribution in [0.25, 0.3) is 0 Å². The summed E-state index contributed by atoms with van der Waals surface area (Å²) in [6, 6.07) is 0. The molecular weight excluding hydrogens is 507 g/mol. The lowest BCUT2D eigenvalue weighted by Crippen LogP contribution is -2.69. The summed E-state index contributed by atoms with van der Waals surface area (Å²) in [5.74, 6) is -22.5. The Morgan fingerprint density at radius 1 is 0.581 bits per heavy atom. The highest BCUT2D eigenvalue weighted by Crippen LogP contribution is 2.56. The van der Waals surface area contributed by atoms with E-state index in [1.807, 2.05) is 0 Å². The number of nitrogens with two attached hydrogens (primary N) is 1. The highest BCUT2D eigenvalue weighted by molar-refractivity contribution is 5.83. The van der Waals surface area contributed by atoms with Crippen molar-refractivity contribution < 1.29 is 88.9 Å². The smallest absolute Gasteiger partial charge is 0.289 e. The van der Waals surface area contributed by atoms with Crippen molar-refractivity contribution in [1.82, 2.24) is 5.43 Å². The second-order valence-corrected chi connectivity index (χ2v) is 4.97. The number of alkyl halides is 17. The second-order valence-electron chi connectivity index (χ2n) is 4.97. The van der Waals surface area contributed by atoms with Gasteiger partial charge in [0.1, 0.15) is 0 Å². The van der Waals surface area contributed by atoms with E-state index >= 15 is 0 Å². The lowest BCUT2D eigenvalue weighted by Gasteiger charge is -2.40. The summed E-state index contributed by atoms with van der Waals surface area (Å²) in [6.45, 7) is 0. The van der Waals surface area contributed by atoms with E-state index in [0.717, 1.165) is 0 Å². The first-order valence-corrected chi connectivity index (χ1v) is 6.27. The fourth-order valence-electron chi connectivity index (χ4n) is 1.26. The van der Waals surface area contributed by atoms with Crippen LogP contribution in [0.4, 0.5) is 74.6 Å². The molecule has 0 rings (SSSR count). The summed E-state index contributed by atoms with van der Waals surface area (Å²) in [5, 5.41) is 0. The molecule has 3 N–H and O–H groups in total. The highest BCUT2D eigenvalue weighted by atomic mass is 19.4. The summed E-state index contributed by atoms with van der Waals surface area (Å²) in [6.07, 6.45) is -38.5. The predicted octanol–water partition coefficient (Wildman–Crippen LogP) is 3.85. The lowest BCUT2D eigenvalue weighted by atomic mass is 10.2. The van der Waals surface area contributed by atoms with Gasteiger partial charge in [0.25, 0.3) is 0 Å². The summed E-state index contributed by atoms with van der Waals surface area (Å²) in [5.41, 5.74) is 0.0636. The van der Waals surface area contributed by atoms with E-state index < -0.39 is 54.3 Å². The van der Waals surface area contributed by atoms with E-state index in [9.17, 15) is 79.4 Å². The highest BCUT2D eigenvalue weighted by Gasteiger charge is 2.85. The first kappa shape index (κ1) is 29.2. The van der Waals surface area contributed by atoms with E-state index in [0.29, 0.717) is 0 Å². The molecule has 22 heteroatoms. The van der Waals surface area contributed by atoms with Crippen molar-refractivity contribution in [2.45, 2.75) is 48.4 Å². The van der Waals surface area contributed by atoms with Crippen LogP contribution >= 0.6 is 0 Å². The first-order chi connectivity index (χ1) is 13.1. The van der Waals surface area contributed by atoms with Gasteiger partial charge in [-0.25, -0.2) is 5.84 Å². The van der Waals surface area contributed by atoms with E-state index in [1.165, 1.54) is 4.74 Å². The van der Waals surface area contributed by atoms with Gasteiger partial charge in [0.05, 0.1) is 0 Å². The Kier molecular flexibility index (Phi) is 7.18. The van der Waals surface area contributed by atoms with Crippen molar-refractivity contribution in [1.29, 1.82) is 0 Å². The summed E-state index contributed by atoms with van der Waals surface area (Å²) >= 11 is 0. The largest absolute Gasteiger partial charge is 0.462 e. The second kappa shape index (κ2) is 7.64. The molecule has 0 fully saturated rings. The van der Waals surface area contributed by atoms with Crippen LogP contribution in [0.15, 0.2) is 0 Å². The zero-order valence-corrected chi connectivity index (χ0v) is 13.2. The van der Waals surface area contributed by atoms with Crippen LogP contribution in [0, 0.1) is 0 Å². The minimum absolute atomic E-state index is 0.0636. The van der Waals surface area contributed by atoms with Crippen LogP contribution in [-0.4, -0.2) is 54.3 Å². The molecule has 2 atom stereocenters. The Labute approximate surface area is 156 Å². The molecule has 0 aromatic heterocycles. The van der Waals surface area contributed by atoms with Gasteiger partial charge in [-0.1, -0.05) is 0 Å². The van der Waals surface area contributed by atoms with Gasteiger partial charge in [0, 0.05) is 0 Å². The van der Waals surface area contributed by atoms with Gasteiger partial charge in [0.15, 0.2) is 0 Å². The third-order valence-electron chi connectivity index (χ3n) is 2.79. The summed E-state index contributed by atoms with van der Waals surface area (Å²) in [7, 11) is 0. The van der Waals surface area contributed by atoms with E-state index in [-0.39, 0.29) is 5.43 Å². The number of ether oxygens (including phenoxy) is 2. The quantitative estimate of drug-likeness (QED) is 0.237. The minimum Gasteiger partial charge on any atom is -0.289 e. The average molecular weight is 510 g/mol. The number of hydrazine groups is 1. The van der Waals surface area contributed by atoms with E-state index in [2.05, 4.69) is 5.84 Å². The third kappa shape index (κ3) is 4.83. The molecule has 0 aliphatic heterocycles. The van der Waals surface area contributed by atoms with Gasteiger partial charge in [-0.2, -0.15) is 74.6 Å². The maximum atomic E-state index is 13.7. The topological polar surface area (TPSA) is 73.6 Å². The number of rotatable bonds is 7. The molecule has 0 aromatic carbocycles. The predicted molar refractivity (Wildman–Crippen MR) is 55.2 cm³/mol. The average Bonchev–Trinajstić information content (AvgIpc) is 2.49. The van der Waals surface area contributed by atoms with Crippen LogP contribution in [0.3, 0.4) is 0 Å². The standard InChI is InChI=1S/C9H3F17N2O3/c10-2(1(29)28-27,5(14,15)16)30-9(25,26)4(13,7(20,21)22)31-8(23,24)3(11,12)6(17,18)19/h27H2,(H,28,29)/t2-,4+/m1/s1. The van der Waals surface area contributed by atoms with Gasteiger partial charge < -0.3 is 0 Å². The fraction of sp³-hybridized carbons (Fsp3) is 0.889. The maximum absolute atomic E-state index is 13.7. The van der Waals surface area contributed by atoms with Gasteiger partial charge in [-0.3, -0.25) is 19.7 Å². The van der Waals surface area contributed by atoms with Crippen molar-refractivity contribution >= 4 is 5.91 Å². The van der Waals surface area contributed by atoms with Crippen molar-refractivity contribution in [2.75, 3.05) is 0 Å². The van der Waals surface area contributed by atoms with Crippen LogP contribution < -0.4 is 11.3 Å². The molecular formula is C9H3F17N2O3. The zero-order valence-electron chi connectivity index (χ0n) is 13.2. The maximum Gasteiger partial charge on any atom is 0.462 e. The molecule has 0 aromatic rings. The summed E-state index contributed by atoms with van der Waals surface area (Å²) in [4.78, 5) is 10.7. The minimum atomic E-state index is -8.05. The number of hydrogen-bond acceptors (Lipinski definition) is 4. The SMILES string of the molecule is NNC(=O)[C@@](F)(OC(F)(F)[C@@](F)(OC(F)(F)C(F)(F)C(F)(F)F)C(F)(F)F)C(F)(F)F. The number of halogens is 17. The molecule has 0 unspecified atom stereocenters. The Balaban J connectivity index is 6.69. The molecule has 0 radical (unpaired) electrons. The monoisotopic (exact) mass is 510 g/mol. The molecule has 186 valence electrons. The normalized spacial score (nSPS) is 18.9. The zero-order chi connectivity index (χ0) is 25.7. The number of carbonyl (C=O) groups is 1. The van der Waals surface area contributed by atoms with Gasteiger partial charge in [-0.15, -0.1) is 0 Å². The molecule has 0 saturated carbocycles. The van der Waals surface area contributed by atoms with E-state index in [4.69, 9.17) is 0 Å². The first-order valence-electron chi connectivity index (χ1n) is 6.27. The molecule has 0 aliphatic carbocycles. The molecule has 31 heavy (non-hydrogen) atoms. The Bertz CT molecular complexity index is 669. The number of amides is 1. The van der Waals surface area contributed by atoms with Gasteiger partial charge >= 0.3 is 54.3 Å². The Hall–Kier alpha value is -1.84. The van der Waals surface area contributed by atoms with Crippen LogP contribution in [-0.2, 0) is 14.3 Å². The van der Waals surface area contributed by atoms with Crippen LogP contribution in [0.1, 0.15) is 0 Å². The van der Waals surface area contributed by atoms with Crippen molar-refractivity contribution in [3.8, 4) is 0 Å². The lowest BCUT2D eigenvalue weighted by molar-refractivity contribution is -0.548. The Morgan fingerprint density at radius 2 is 0.968 bits per heavy atom. The Morgan fingerprint density at radius 3 is 1.23 bits per heavy atom. The van der Waals surface area contributed by atoms with Gasteiger partial charge in [-0.05, 0) is 0 Å². The molecule has 0 bridgehead atoms. The fourth-order valence-corrected chi connectivity index (χ4v) is 1.26. The molecule has 5 nitrogen and oxygen atoms in total. The number of nitrogens with one attached hydrogen (secondary N) is 1. The van der Waals surface area contributed by atoms with Crippen LogP contribution in [0.5, 0.6) is 0 Å². The third-order valence-corrected chi connectivity index (χ3v) is 2.79. The van der Waals surface area contributed by atoms with Gasteiger partial charge in [0.2, 0.25) is 0 Å². The molecule has 0 aliphatic rings. The number of hydrogen-bond donors (Lipinski definition) is 2. The molecule has 0 saturated heterocycles. The molecule has 1 amide bonds. The molecule has 0 spiro atoms.